The highest BCUT2D eigenvalue weighted by Crippen LogP contribution is 2.24. The molecule has 1 aliphatic carbocycles. The maximum Gasteiger partial charge on any atom is 0.408 e. The number of nitrogens with one attached hydrogen (secondary N) is 2. The van der Waals surface area contributed by atoms with Crippen molar-refractivity contribution in [1.29, 1.82) is 0 Å². The molecule has 2 aliphatic rings. The maximum absolute atomic E-state index is 13.7. The molecule has 1 aliphatic heterocycles. The standard InChI is InChI=1S/C29H37N3O5/c33-26(27(34)30-23-15-8-3-9-16-23)25-17-10-18-32(25)28(35)24(19-21-11-4-1-5-12-21)31-29(36)37-20-22-13-6-2-7-14-22/h1-2,4-7,11-14,23-26,33H,3,8-10,15-20H2,(H,30,34)(H,31,36)/t24-,25?,26?/m0/s1. The quantitative estimate of drug-likeness (QED) is 0.483. The number of benzene rings is 2. The highest BCUT2D eigenvalue weighted by atomic mass is 16.5. The van der Waals surface area contributed by atoms with Gasteiger partial charge in [0.15, 0.2) is 6.10 Å². The molecule has 37 heavy (non-hydrogen) atoms. The molecule has 0 aromatic heterocycles. The van der Waals surface area contributed by atoms with Crippen molar-refractivity contribution >= 4 is 17.9 Å². The Labute approximate surface area is 218 Å². The Kier molecular flexibility index (Phi) is 9.54. The molecule has 3 amide bonds. The third-order valence-corrected chi connectivity index (χ3v) is 7.25. The van der Waals surface area contributed by atoms with Crippen LogP contribution in [0.5, 0.6) is 0 Å². The van der Waals surface area contributed by atoms with Gasteiger partial charge in [0.25, 0.3) is 5.91 Å². The van der Waals surface area contributed by atoms with Crippen molar-refractivity contribution in [2.24, 2.45) is 0 Å². The first-order chi connectivity index (χ1) is 18.0. The van der Waals surface area contributed by atoms with Gasteiger partial charge in [-0.25, -0.2) is 4.79 Å². The van der Waals surface area contributed by atoms with E-state index < -0.39 is 30.2 Å². The van der Waals surface area contributed by atoms with E-state index in [1.165, 1.54) is 6.42 Å². The van der Waals surface area contributed by atoms with Gasteiger partial charge in [-0.3, -0.25) is 9.59 Å². The summed E-state index contributed by atoms with van der Waals surface area (Å²) < 4.78 is 5.37. The third kappa shape index (κ3) is 7.55. The molecule has 3 atom stereocenters. The van der Waals surface area contributed by atoms with Crippen molar-refractivity contribution in [1.82, 2.24) is 15.5 Å². The number of aliphatic hydroxyl groups is 1. The van der Waals surface area contributed by atoms with Gasteiger partial charge in [0.2, 0.25) is 5.91 Å². The predicted octanol–water partition coefficient (Wildman–Crippen LogP) is 3.32. The predicted molar refractivity (Wildman–Crippen MR) is 139 cm³/mol. The van der Waals surface area contributed by atoms with E-state index in [2.05, 4.69) is 10.6 Å². The van der Waals surface area contributed by atoms with Crippen LogP contribution in [0.15, 0.2) is 60.7 Å². The SMILES string of the molecule is O=C(N[C@@H](Cc1ccccc1)C(=O)N1CCCC1C(O)C(=O)NC1CCCCC1)OCc1ccccc1. The lowest BCUT2D eigenvalue weighted by Crippen LogP contribution is -2.56. The number of hydrogen-bond donors (Lipinski definition) is 3. The lowest BCUT2D eigenvalue weighted by atomic mass is 9.95. The van der Waals surface area contributed by atoms with Crippen molar-refractivity contribution in [2.45, 2.75) is 82.2 Å². The van der Waals surface area contributed by atoms with E-state index in [4.69, 9.17) is 4.74 Å². The highest BCUT2D eigenvalue weighted by molar-refractivity contribution is 5.88. The molecule has 2 fully saturated rings. The zero-order chi connectivity index (χ0) is 26.0. The number of aliphatic hydroxyl groups excluding tert-OH is 1. The summed E-state index contributed by atoms with van der Waals surface area (Å²) in [5, 5.41) is 16.6. The summed E-state index contributed by atoms with van der Waals surface area (Å²) in [6.45, 7) is 0.509. The van der Waals surface area contributed by atoms with Gasteiger partial charge in [0.05, 0.1) is 6.04 Å². The van der Waals surface area contributed by atoms with Crippen LogP contribution in [-0.2, 0) is 27.4 Å². The van der Waals surface area contributed by atoms with Crippen LogP contribution in [0.25, 0.3) is 0 Å². The molecule has 1 saturated heterocycles. The Balaban J connectivity index is 1.42. The molecule has 1 heterocycles. The van der Waals surface area contributed by atoms with Crippen molar-refractivity contribution in [2.75, 3.05) is 6.54 Å². The van der Waals surface area contributed by atoms with E-state index >= 15 is 0 Å². The zero-order valence-electron chi connectivity index (χ0n) is 21.2. The summed E-state index contributed by atoms with van der Waals surface area (Å²) in [7, 11) is 0. The van der Waals surface area contributed by atoms with Crippen LogP contribution in [0.4, 0.5) is 4.79 Å². The summed E-state index contributed by atoms with van der Waals surface area (Å²) >= 11 is 0. The van der Waals surface area contributed by atoms with Gasteiger partial charge in [0, 0.05) is 19.0 Å². The normalized spacial score (nSPS) is 19.6. The van der Waals surface area contributed by atoms with Crippen molar-refractivity contribution in [3.05, 3.63) is 71.8 Å². The number of carbonyl (C=O) groups is 3. The summed E-state index contributed by atoms with van der Waals surface area (Å²) in [5.41, 5.74) is 1.73. The Morgan fingerprint density at radius 2 is 1.54 bits per heavy atom. The first-order valence-corrected chi connectivity index (χ1v) is 13.3. The van der Waals surface area contributed by atoms with Crippen LogP contribution in [0, 0.1) is 0 Å². The molecule has 2 aromatic carbocycles. The minimum atomic E-state index is -1.31. The number of hydrogen-bond acceptors (Lipinski definition) is 5. The Bertz CT molecular complexity index is 1030. The summed E-state index contributed by atoms with van der Waals surface area (Å²) in [4.78, 5) is 40.8. The summed E-state index contributed by atoms with van der Waals surface area (Å²) in [6.07, 6.45) is 4.63. The maximum atomic E-state index is 13.7. The van der Waals surface area contributed by atoms with Crippen molar-refractivity contribution in [3.63, 3.8) is 0 Å². The second kappa shape index (κ2) is 13.2. The van der Waals surface area contributed by atoms with E-state index in [1.54, 1.807) is 4.90 Å². The van der Waals surface area contributed by atoms with E-state index in [0.29, 0.717) is 19.4 Å². The van der Waals surface area contributed by atoms with Crippen molar-refractivity contribution < 1.29 is 24.2 Å². The molecule has 0 spiro atoms. The van der Waals surface area contributed by atoms with Gasteiger partial charge in [-0.2, -0.15) is 0 Å². The van der Waals surface area contributed by atoms with Crippen LogP contribution in [0.3, 0.4) is 0 Å². The zero-order valence-corrected chi connectivity index (χ0v) is 21.2. The third-order valence-electron chi connectivity index (χ3n) is 7.25. The fraction of sp³-hybridized carbons (Fsp3) is 0.483. The molecule has 8 nitrogen and oxygen atoms in total. The average molecular weight is 508 g/mol. The number of ether oxygens (including phenoxy) is 1. The molecule has 0 bridgehead atoms. The molecule has 3 N–H and O–H groups in total. The lowest BCUT2D eigenvalue weighted by molar-refractivity contribution is -0.141. The molecule has 198 valence electrons. The average Bonchev–Trinajstić information content (AvgIpc) is 3.42. The first kappa shape index (κ1) is 26.7. The number of amides is 3. The lowest BCUT2D eigenvalue weighted by Gasteiger charge is -2.32. The van der Waals surface area contributed by atoms with Gasteiger partial charge in [-0.05, 0) is 36.8 Å². The van der Waals surface area contributed by atoms with Gasteiger partial charge in [-0.15, -0.1) is 0 Å². The summed E-state index contributed by atoms with van der Waals surface area (Å²) in [6, 6.07) is 17.3. The van der Waals surface area contributed by atoms with Crippen LogP contribution < -0.4 is 10.6 Å². The second-order valence-corrected chi connectivity index (χ2v) is 9.98. The second-order valence-electron chi connectivity index (χ2n) is 9.98. The van der Waals surface area contributed by atoms with Gasteiger partial charge in [0.1, 0.15) is 12.6 Å². The number of nitrogens with zero attached hydrogens (tertiary/aromatic N) is 1. The molecule has 2 unspecified atom stereocenters. The minimum Gasteiger partial charge on any atom is -0.445 e. The monoisotopic (exact) mass is 507 g/mol. The Hall–Kier alpha value is -3.39. The highest BCUT2D eigenvalue weighted by Gasteiger charge is 2.40. The minimum absolute atomic E-state index is 0.0772. The van der Waals surface area contributed by atoms with Crippen LogP contribution in [-0.4, -0.2) is 58.7 Å². The van der Waals surface area contributed by atoms with Crippen LogP contribution >= 0.6 is 0 Å². The molecule has 0 radical (unpaired) electrons. The molecule has 8 heteroatoms. The molecular formula is C29H37N3O5. The van der Waals surface area contributed by atoms with E-state index in [-0.39, 0.29) is 25.0 Å². The first-order valence-electron chi connectivity index (χ1n) is 13.3. The van der Waals surface area contributed by atoms with E-state index in [9.17, 15) is 19.5 Å². The van der Waals surface area contributed by atoms with Gasteiger partial charge >= 0.3 is 6.09 Å². The topological polar surface area (TPSA) is 108 Å². The summed E-state index contributed by atoms with van der Waals surface area (Å²) in [5.74, 6) is -0.751. The fourth-order valence-corrected chi connectivity index (χ4v) is 5.26. The van der Waals surface area contributed by atoms with Gasteiger partial charge in [-0.1, -0.05) is 79.9 Å². The number of likely N-dealkylation sites (tertiary alicyclic amines) is 1. The number of rotatable bonds is 9. The molecule has 2 aromatic rings. The van der Waals surface area contributed by atoms with Crippen LogP contribution in [0.2, 0.25) is 0 Å². The Morgan fingerprint density at radius 3 is 2.22 bits per heavy atom. The smallest absolute Gasteiger partial charge is 0.408 e. The molecule has 1 saturated carbocycles. The molecular weight excluding hydrogens is 470 g/mol. The fourth-order valence-electron chi connectivity index (χ4n) is 5.26. The van der Waals surface area contributed by atoms with Crippen LogP contribution in [0.1, 0.15) is 56.1 Å². The van der Waals surface area contributed by atoms with Crippen molar-refractivity contribution in [3.8, 4) is 0 Å². The molecule has 4 rings (SSSR count). The van der Waals surface area contributed by atoms with Gasteiger partial charge < -0.3 is 25.4 Å². The largest absolute Gasteiger partial charge is 0.445 e. The number of carbonyl (C=O) groups excluding carboxylic acids is 3. The number of alkyl carbamates (subject to hydrolysis) is 1. The van der Waals surface area contributed by atoms with E-state index in [1.807, 2.05) is 60.7 Å². The van der Waals surface area contributed by atoms with E-state index in [0.717, 1.165) is 36.8 Å². The Morgan fingerprint density at radius 1 is 0.892 bits per heavy atom.